The molecular formula is C20H24N4O. The van der Waals surface area contributed by atoms with E-state index in [2.05, 4.69) is 39.6 Å². The van der Waals surface area contributed by atoms with Crippen LogP contribution < -0.4 is 5.32 Å². The minimum atomic E-state index is -0.00172. The topological polar surface area (TPSA) is 58.1 Å². The van der Waals surface area contributed by atoms with Crippen molar-refractivity contribution >= 4 is 5.91 Å². The predicted molar refractivity (Wildman–Crippen MR) is 96.3 cm³/mol. The number of likely N-dealkylation sites (tertiary alicyclic amines) is 1. The van der Waals surface area contributed by atoms with E-state index in [1.165, 1.54) is 17.5 Å². The Morgan fingerprint density at radius 2 is 1.84 bits per heavy atom. The molecule has 1 fully saturated rings. The molecule has 0 unspecified atom stereocenters. The van der Waals surface area contributed by atoms with E-state index in [0.717, 1.165) is 38.8 Å². The Morgan fingerprint density at radius 3 is 2.60 bits per heavy atom. The van der Waals surface area contributed by atoms with E-state index in [4.69, 9.17) is 0 Å². The van der Waals surface area contributed by atoms with E-state index >= 15 is 0 Å². The molecule has 1 atom stereocenters. The first-order valence-electron chi connectivity index (χ1n) is 9.18. The van der Waals surface area contributed by atoms with E-state index in [1.807, 2.05) is 4.90 Å². The van der Waals surface area contributed by atoms with Crippen LogP contribution in [0.3, 0.4) is 0 Å². The molecule has 1 aromatic carbocycles. The molecule has 130 valence electrons. The second-order valence-corrected chi connectivity index (χ2v) is 7.03. The van der Waals surface area contributed by atoms with Crippen LogP contribution in [0, 0.1) is 0 Å². The number of benzene rings is 1. The summed E-state index contributed by atoms with van der Waals surface area (Å²) in [6.07, 6.45) is 10.2. The van der Waals surface area contributed by atoms with Crippen molar-refractivity contribution < 1.29 is 4.79 Å². The number of nitrogens with one attached hydrogen (secondary N) is 1. The van der Waals surface area contributed by atoms with Gasteiger partial charge in [-0.15, -0.1) is 0 Å². The number of hydrogen-bond acceptors (Lipinski definition) is 4. The first-order chi connectivity index (χ1) is 12.3. The fourth-order valence-corrected chi connectivity index (χ4v) is 3.99. The molecule has 1 aromatic heterocycles. The van der Waals surface area contributed by atoms with Crippen molar-refractivity contribution in [1.29, 1.82) is 0 Å². The zero-order valence-corrected chi connectivity index (χ0v) is 14.4. The van der Waals surface area contributed by atoms with Crippen LogP contribution in [-0.2, 0) is 12.8 Å². The van der Waals surface area contributed by atoms with Crippen LogP contribution in [0.1, 0.15) is 40.9 Å². The average molecular weight is 336 g/mol. The fraction of sp³-hybridized carbons (Fsp3) is 0.450. The molecule has 0 saturated carbocycles. The lowest BCUT2D eigenvalue weighted by Crippen LogP contribution is -2.49. The largest absolute Gasteiger partial charge is 0.337 e. The first kappa shape index (κ1) is 16.2. The van der Waals surface area contributed by atoms with Gasteiger partial charge in [0, 0.05) is 37.6 Å². The Kier molecular flexibility index (Phi) is 4.74. The number of carbonyl (C=O) groups excluding carboxylic acids is 1. The van der Waals surface area contributed by atoms with Gasteiger partial charge in [0.1, 0.15) is 5.69 Å². The molecule has 1 amide bonds. The molecule has 2 aliphatic rings. The molecule has 0 radical (unpaired) electrons. The molecule has 1 aliphatic carbocycles. The van der Waals surface area contributed by atoms with Crippen molar-refractivity contribution in [3.8, 4) is 0 Å². The summed E-state index contributed by atoms with van der Waals surface area (Å²) in [6.45, 7) is 1.58. The van der Waals surface area contributed by atoms with Gasteiger partial charge in [-0.25, -0.2) is 4.98 Å². The second kappa shape index (κ2) is 7.31. The third kappa shape index (κ3) is 3.71. The Morgan fingerprint density at radius 1 is 1.04 bits per heavy atom. The number of rotatable bonds is 3. The summed E-state index contributed by atoms with van der Waals surface area (Å²) in [4.78, 5) is 22.4. The summed E-state index contributed by atoms with van der Waals surface area (Å²) in [7, 11) is 0. The van der Waals surface area contributed by atoms with Gasteiger partial charge >= 0.3 is 0 Å². The van der Waals surface area contributed by atoms with E-state index in [1.54, 1.807) is 18.6 Å². The van der Waals surface area contributed by atoms with E-state index < -0.39 is 0 Å². The van der Waals surface area contributed by atoms with Gasteiger partial charge in [-0.1, -0.05) is 24.3 Å². The van der Waals surface area contributed by atoms with E-state index in [-0.39, 0.29) is 5.91 Å². The van der Waals surface area contributed by atoms with Crippen LogP contribution in [-0.4, -0.2) is 45.9 Å². The van der Waals surface area contributed by atoms with Crippen LogP contribution >= 0.6 is 0 Å². The summed E-state index contributed by atoms with van der Waals surface area (Å²) in [5.74, 6) is -0.00172. The SMILES string of the molecule is O=C(c1cnccn1)N1CCC(N[C@H]2CCc3ccccc3C2)CC1. The Balaban J connectivity index is 1.29. The second-order valence-electron chi connectivity index (χ2n) is 7.03. The highest BCUT2D eigenvalue weighted by molar-refractivity contribution is 5.92. The van der Waals surface area contributed by atoms with Crippen LogP contribution in [0.4, 0.5) is 0 Å². The van der Waals surface area contributed by atoms with Crippen LogP contribution in [0.5, 0.6) is 0 Å². The molecular weight excluding hydrogens is 312 g/mol. The summed E-state index contributed by atoms with van der Waals surface area (Å²) in [6, 6.07) is 9.84. The Hall–Kier alpha value is -2.27. The monoisotopic (exact) mass is 336 g/mol. The van der Waals surface area contributed by atoms with Crippen molar-refractivity contribution in [3.63, 3.8) is 0 Å². The van der Waals surface area contributed by atoms with Crippen molar-refractivity contribution in [3.05, 3.63) is 59.7 Å². The smallest absolute Gasteiger partial charge is 0.274 e. The lowest BCUT2D eigenvalue weighted by atomic mass is 9.87. The summed E-state index contributed by atoms with van der Waals surface area (Å²) in [5.41, 5.74) is 3.43. The molecule has 2 aromatic rings. The van der Waals surface area contributed by atoms with Gasteiger partial charge in [0.2, 0.25) is 0 Å². The molecule has 0 spiro atoms. The number of aryl methyl sites for hydroxylation is 1. The van der Waals surface area contributed by atoms with Gasteiger partial charge in [0.05, 0.1) is 6.20 Å². The van der Waals surface area contributed by atoms with Gasteiger partial charge in [0.25, 0.3) is 5.91 Å². The zero-order chi connectivity index (χ0) is 17.1. The van der Waals surface area contributed by atoms with Crippen LogP contribution in [0.25, 0.3) is 0 Å². The highest BCUT2D eigenvalue weighted by atomic mass is 16.2. The highest BCUT2D eigenvalue weighted by Gasteiger charge is 2.27. The highest BCUT2D eigenvalue weighted by Crippen LogP contribution is 2.22. The Labute approximate surface area is 148 Å². The molecule has 2 heterocycles. The molecule has 5 nitrogen and oxygen atoms in total. The maximum Gasteiger partial charge on any atom is 0.274 e. The summed E-state index contributed by atoms with van der Waals surface area (Å²) >= 11 is 0. The number of hydrogen-bond donors (Lipinski definition) is 1. The molecule has 1 saturated heterocycles. The van der Waals surface area contributed by atoms with Gasteiger partial charge in [0.15, 0.2) is 0 Å². The fourth-order valence-electron chi connectivity index (χ4n) is 3.99. The third-order valence-corrected chi connectivity index (χ3v) is 5.38. The van der Waals surface area contributed by atoms with Crippen molar-refractivity contribution in [2.45, 2.75) is 44.2 Å². The summed E-state index contributed by atoms with van der Waals surface area (Å²) in [5, 5.41) is 3.83. The number of carbonyl (C=O) groups is 1. The first-order valence-corrected chi connectivity index (χ1v) is 9.18. The predicted octanol–water partition coefficient (Wildman–Crippen LogP) is 2.23. The van der Waals surface area contributed by atoms with Crippen LogP contribution in [0.2, 0.25) is 0 Å². The minimum absolute atomic E-state index is 0.00172. The quantitative estimate of drug-likeness (QED) is 0.934. The molecule has 1 aliphatic heterocycles. The number of piperidine rings is 1. The lowest BCUT2D eigenvalue weighted by molar-refractivity contribution is 0.0694. The van der Waals surface area contributed by atoms with Crippen molar-refractivity contribution in [2.24, 2.45) is 0 Å². The number of aromatic nitrogens is 2. The number of nitrogens with zero attached hydrogens (tertiary/aromatic N) is 3. The number of amides is 1. The van der Waals surface area contributed by atoms with Gasteiger partial charge in [-0.2, -0.15) is 0 Å². The normalized spacial score (nSPS) is 21.0. The number of fused-ring (bicyclic) bond motifs is 1. The van der Waals surface area contributed by atoms with Crippen molar-refractivity contribution in [2.75, 3.05) is 13.1 Å². The van der Waals surface area contributed by atoms with E-state index in [9.17, 15) is 4.79 Å². The lowest BCUT2D eigenvalue weighted by Gasteiger charge is -2.35. The zero-order valence-electron chi connectivity index (χ0n) is 14.4. The standard InChI is InChI=1S/C20H24N4O/c25-20(19-14-21-9-10-22-19)24-11-7-17(8-12-24)23-18-6-5-15-3-1-2-4-16(15)13-18/h1-4,9-10,14,17-18,23H,5-8,11-13H2/t18-/m0/s1. The summed E-state index contributed by atoms with van der Waals surface area (Å²) < 4.78 is 0. The molecule has 25 heavy (non-hydrogen) atoms. The van der Waals surface area contributed by atoms with Crippen LogP contribution in [0.15, 0.2) is 42.9 Å². The molecule has 1 N–H and O–H groups in total. The maximum absolute atomic E-state index is 12.4. The molecule has 5 heteroatoms. The van der Waals surface area contributed by atoms with E-state index in [0.29, 0.717) is 17.8 Å². The average Bonchev–Trinajstić information content (AvgIpc) is 2.69. The van der Waals surface area contributed by atoms with Crippen molar-refractivity contribution in [1.82, 2.24) is 20.2 Å². The molecule has 4 rings (SSSR count). The minimum Gasteiger partial charge on any atom is -0.337 e. The van der Waals surface area contributed by atoms with Gasteiger partial charge < -0.3 is 10.2 Å². The Bertz CT molecular complexity index is 725. The van der Waals surface area contributed by atoms with Gasteiger partial charge in [-0.05, 0) is 43.2 Å². The molecule has 0 bridgehead atoms. The third-order valence-electron chi connectivity index (χ3n) is 5.38. The maximum atomic E-state index is 12.4. The van der Waals surface area contributed by atoms with Gasteiger partial charge in [-0.3, -0.25) is 9.78 Å².